The summed E-state index contributed by atoms with van der Waals surface area (Å²) in [6.45, 7) is 7.79. The fourth-order valence-electron chi connectivity index (χ4n) is 2.30. The Labute approximate surface area is 125 Å². The number of aliphatic carboxylic acids is 1. The highest BCUT2D eigenvalue weighted by atomic mass is 16.4. The number of hydrogen-bond donors (Lipinski definition) is 2. The summed E-state index contributed by atoms with van der Waals surface area (Å²) in [5.74, 6) is -0.951. The maximum absolute atomic E-state index is 12.5. The van der Waals surface area contributed by atoms with Crippen LogP contribution >= 0.6 is 0 Å². The van der Waals surface area contributed by atoms with Crippen LogP contribution in [0.3, 0.4) is 0 Å². The summed E-state index contributed by atoms with van der Waals surface area (Å²) in [6, 6.07) is 1.76. The molecule has 0 fully saturated rings. The summed E-state index contributed by atoms with van der Waals surface area (Å²) in [4.78, 5) is 23.5. The molecule has 21 heavy (non-hydrogen) atoms. The van der Waals surface area contributed by atoms with E-state index in [1.165, 1.54) is 0 Å². The van der Waals surface area contributed by atoms with E-state index in [0.717, 1.165) is 5.69 Å². The molecule has 6 heteroatoms. The first-order valence-electron chi connectivity index (χ1n) is 7.33. The molecule has 1 rings (SSSR count). The number of carbonyl (C=O) groups excluding carboxylic acids is 1. The molecule has 118 valence electrons. The quantitative estimate of drug-likeness (QED) is 0.808. The van der Waals surface area contributed by atoms with Crippen LogP contribution < -0.4 is 5.32 Å². The summed E-state index contributed by atoms with van der Waals surface area (Å²) in [6.07, 6.45) is 1.05. The molecule has 1 aromatic rings. The molecule has 0 saturated heterocycles. The first-order valence-corrected chi connectivity index (χ1v) is 7.33. The molecule has 0 saturated carbocycles. The Bertz CT molecular complexity index is 516. The van der Waals surface area contributed by atoms with Gasteiger partial charge in [-0.15, -0.1) is 0 Å². The van der Waals surface area contributed by atoms with Gasteiger partial charge in [-0.3, -0.25) is 14.3 Å². The van der Waals surface area contributed by atoms with E-state index in [2.05, 4.69) is 10.4 Å². The second-order valence-corrected chi connectivity index (χ2v) is 5.74. The first-order chi connectivity index (χ1) is 9.74. The minimum atomic E-state index is -0.910. The Hall–Kier alpha value is -1.85. The molecular formula is C15H25N3O3. The number of carboxylic acids is 1. The van der Waals surface area contributed by atoms with Gasteiger partial charge in [0.05, 0.1) is 17.7 Å². The van der Waals surface area contributed by atoms with Crippen LogP contribution in [0.1, 0.15) is 69.1 Å². The van der Waals surface area contributed by atoms with Crippen molar-refractivity contribution in [1.82, 2.24) is 15.1 Å². The van der Waals surface area contributed by atoms with Crippen molar-refractivity contribution in [3.8, 4) is 0 Å². The lowest BCUT2D eigenvalue weighted by Crippen LogP contribution is -2.49. The zero-order chi connectivity index (χ0) is 16.2. The van der Waals surface area contributed by atoms with Gasteiger partial charge < -0.3 is 10.4 Å². The third-order valence-electron chi connectivity index (χ3n) is 3.94. The van der Waals surface area contributed by atoms with Gasteiger partial charge in [0.15, 0.2) is 0 Å². The molecule has 1 amide bonds. The monoisotopic (exact) mass is 295 g/mol. The highest BCUT2D eigenvalue weighted by Gasteiger charge is 2.32. The van der Waals surface area contributed by atoms with Gasteiger partial charge in [-0.2, -0.15) is 5.10 Å². The van der Waals surface area contributed by atoms with Gasteiger partial charge in [-0.05, 0) is 24.8 Å². The van der Waals surface area contributed by atoms with Crippen LogP contribution in [-0.2, 0) is 11.8 Å². The fourth-order valence-corrected chi connectivity index (χ4v) is 2.30. The molecule has 0 aromatic carbocycles. The van der Waals surface area contributed by atoms with Crippen molar-refractivity contribution < 1.29 is 14.7 Å². The van der Waals surface area contributed by atoms with E-state index in [0.29, 0.717) is 18.5 Å². The topological polar surface area (TPSA) is 84.2 Å². The Morgan fingerprint density at radius 2 is 1.95 bits per heavy atom. The van der Waals surface area contributed by atoms with Gasteiger partial charge in [-0.25, -0.2) is 0 Å². The number of aryl methyl sites for hydroxylation is 1. The molecule has 1 heterocycles. The van der Waals surface area contributed by atoms with Crippen LogP contribution in [0.4, 0.5) is 0 Å². The van der Waals surface area contributed by atoms with E-state index < -0.39 is 11.5 Å². The van der Waals surface area contributed by atoms with Crippen molar-refractivity contribution in [2.24, 2.45) is 7.05 Å². The van der Waals surface area contributed by atoms with Crippen molar-refractivity contribution in [1.29, 1.82) is 0 Å². The van der Waals surface area contributed by atoms with E-state index in [1.54, 1.807) is 17.8 Å². The molecule has 6 nitrogen and oxygen atoms in total. The molecule has 0 aliphatic carbocycles. The summed E-state index contributed by atoms with van der Waals surface area (Å²) in [7, 11) is 1.72. The lowest BCUT2D eigenvalue weighted by Gasteiger charge is -2.31. The van der Waals surface area contributed by atoms with E-state index in [1.807, 2.05) is 27.7 Å². The molecular weight excluding hydrogens is 270 g/mol. The summed E-state index contributed by atoms with van der Waals surface area (Å²) >= 11 is 0. The van der Waals surface area contributed by atoms with Crippen LogP contribution in [0.15, 0.2) is 6.07 Å². The van der Waals surface area contributed by atoms with E-state index >= 15 is 0 Å². The predicted octanol–water partition coefficient (Wildman–Crippen LogP) is 2.31. The minimum Gasteiger partial charge on any atom is -0.481 e. The lowest BCUT2D eigenvalue weighted by atomic mass is 9.88. The van der Waals surface area contributed by atoms with Gasteiger partial charge in [0.1, 0.15) is 5.69 Å². The van der Waals surface area contributed by atoms with Gasteiger partial charge in [-0.1, -0.05) is 27.7 Å². The number of amides is 1. The maximum atomic E-state index is 12.5. The highest BCUT2D eigenvalue weighted by Crippen LogP contribution is 2.21. The highest BCUT2D eigenvalue weighted by molar-refractivity contribution is 5.93. The number of rotatable bonds is 7. The number of nitrogens with one attached hydrogen (secondary N) is 1. The Morgan fingerprint density at radius 3 is 2.33 bits per heavy atom. The molecule has 0 radical (unpaired) electrons. The molecule has 0 atom stereocenters. The Morgan fingerprint density at radius 1 is 1.38 bits per heavy atom. The predicted molar refractivity (Wildman–Crippen MR) is 80.3 cm³/mol. The van der Waals surface area contributed by atoms with Crippen molar-refractivity contribution in [3.63, 3.8) is 0 Å². The average molecular weight is 295 g/mol. The number of nitrogens with zero attached hydrogens (tertiary/aromatic N) is 2. The number of hydrogen-bond acceptors (Lipinski definition) is 3. The van der Waals surface area contributed by atoms with E-state index in [-0.39, 0.29) is 18.2 Å². The minimum absolute atomic E-state index is 0.0827. The van der Waals surface area contributed by atoms with Crippen LogP contribution in [-0.4, -0.2) is 32.3 Å². The van der Waals surface area contributed by atoms with Gasteiger partial charge >= 0.3 is 5.97 Å². The Kier molecular flexibility index (Phi) is 5.52. The van der Waals surface area contributed by atoms with Crippen LogP contribution in [0.5, 0.6) is 0 Å². The second kappa shape index (κ2) is 6.74. The summed E-state index contributed by atoms with van der Waals surface area (Å²) in [5, 5.41) is 16.3. The van der Waals surface area contributed by atoms with Gasteiger partial charge in [0.2, 0.25) is 0 Å². The second-order valence-electron chi connectivity index (χ2n) is 5.74. The molecule has 0 bridgehead atoms. The SMILES string of the molecule is CCC(CC)(CC(=O)O)NC(=O)c1cc(C(C)C)nn1C. The number of carboxylic acid groups (broad SMARTS) is 1. The van der Waals surface area contributed by atoms with Gasteiger partial charge in [0.25, 0.3) is 5.91 Å². The van der Waals surface area contributed by atoms with Crippen molar-refractivity contribution in [2.75, 3.05) is 0 Å². The van der Waals surface area contributed by atoms with Crippen LogP contribution in [0, 0.1) is 0 Å². The number of carbonyl (C=O) groups is 2. The van der Waals surface area contributed by atoms with Crippen LogP contribution in [0.25, 0.3) is 0 Å². The molecule has 1 aromatic heterocycles. The molecule has 0 aliphatic rings. The third kappa shape index (κ3) is 4.06. The van der Waals surface area contributed by atoms with Gasteiger partial charge in [0, 0.05) is 7.05 Å². The molecule has 0 aliphatic heterocycles. The van der Waals surface area contributed by atoms with Crippen molar-refractivity contribution in [2.45, 2.75) is 58.4 Å². The Balaban J connectivity index is 2.99. The standard InChI is InChI=1S/C15H25N3O3/c1-6-15(7-2,9-13(19)20)16-14(21)12-8-11(10(3)4)17-18(12)5/h8,10H,6-7,9H2,1-5H3,(H,16,21)(H,19,20). The van der Waals surface area contributed by atoms with Crippen molar-refractivity contribution in [3.05, 3.63) is 17.5 Å². The fraction of sp³-hybridized carbons (Fsp3) is 0.667. The average Bonchev–Trinajstić information content (AvgIpc) is 2.79. The third-order valence-corrected chi connectivity index (χ3v) is 3.94. The smallest absolute Gasteiger partial charge is 0.305 e. The lowest BCUT2D eigenvalue weighted by molar-refractivity contribution is -0.138. The van der Waals surface area contributed by atoms with Crippen molar-refractivity contribution >= 4 is 11.9 Å². The zero-order valence-electron chi connectivity index (χ0n) is 13.4. The summed E-state index contributed by atoms with van der Waals surface area (Å²) < 4.78 is 1.54. The molecule has 0 unspecified atom stereocenters. The van der Waals surface area contributed by atoms with E-state index in [9.17, 15) is 9.59 Å². The zero-order valence-corrected chi connectivity index (χ0v) is 13.4. The largest absolute Gasteiger partial charge is 0.481 e. The summed E-state index contributed by atoms with van der Waals surface area (Å²) in [5.41, 5.74) is 0.584. The normalized spacial score (nSPS) is 11.7. The van der Waals surface area contributed by atoms with E-state index in [4.69, 9.17) is 5.11 Å². The molecule has 2 N–H and O–H groups in total. The molecule has 0 spiro atoms. The first kappa shape index (κ1) is 17.2. The maximum Gasteiger partial charge on any atom is 0.305 e. The number of aromatic nitrogens is 2. The van der Waals surface area contributed by atoms with Crippen LogP contribution in [0.2, 0.25) is 0 Å².